The van der Waals surface area contributed by atoms with Crippen LogP contribution in [0.4, 0.5) is 0 Å². The van der Waals surface area contributed by atoms with Crippen LogP contribution in [-0.4, -0.2) is 26.9 Å². The van der Waals surface area contributed by atoms with Gasteiger partial charge < -0.3 is 4.74 Å². The zero-order valence-electron chi connectivity index (χ0n) is 10.5. The van der Waals surface area contributed by atoms with E-state index in [2.05, 4.69) is 4.98 Å². The van der Waals surface area contributed by atoms with Crippen molar-refractivity contribution in [2.75, 3.05) is 0 Å². The smallest absolute Gasteiger partial charge is 0.319 e. The molecule has 5 heteroatoms. The summed E-state index contributed by atoms with van der Waals surface area (Å²) in [4.78, 5) is 16.0. The van der Waals surface area contributed by atoms with E-state index in [-0.39, 0.29) is 17.3 Å². The number of aromatic nitrogens is 2. The lowest BCUT2D eigenvalue weighted by Gasteiger charge is -2.09. The van der Waals surface area contributed by atoms with Crippen molar-refractivity contribution in [1.82, 2.24) is 9.55 Å². The Kier molecular flexibility index (Phi) is 3.29. The average Bonchev–Trinajstić information content (AvgIpc) is 2.98. The van der Waals surface area contributed by atoms with Gasteiger partial charge >= 0.3 is 5.97 Å². The lowest BCUT2D eigenvalue weighted by molar-refractivity contribution is -0.140. The fraction of sp³-hybridized carbons (Fsp3) is 0.286. The van der Waals surface area contributed by atoms with E-state index in [1.165, 1.54) is 11.8 Å². The largest absolute Gasteiger partial charge is 0.462 e. The standard InChI is InChI=1S/C14H14N2O2S/c1-10-9-12(13(17)18-10)19-14-15-7-8-16(14)11-5-3-2-4-6-11/h2-8,10,12H,9H2,1H3/t10-,12+/m0/s1. The van der Waals surface area contributed by atoms with Gasteiger partial charge in [0.25, 0.3) is 0 Å². The summed E-state index contributed by atoms with van der Waals surface area (Å²) in [6.45, 7) is 1.92. The van der Waals surface area contributed by atoms with Crippen LogP contribution in [-0.2, 0) is 9.53 Å². The van der Waals surface area contributed by atoms with E-state index in [1.807, 2.05) is 48.0 Å². The number of carbonyl (C=O) groups excluding carboxylic acids is 1. The highest BCUT2D eigenvalue weighted by Crippen LogP contribution is 2.32. The third-order valence-electron chi connectivity index (χ3n) is 3.02. The highest BCUT2D eigenvalue weighted by atomic mass is 32.2. The third kappa shape index (κ3) is 2.51. The Morgan fingerprint density at radius 3 is 2.84 bits per heavy atom. The second-order valence-corrected chi connectivity index (χ2v) is 5.67. The number of benzene rings is 1. The molecule has 1 aliphatic rings. The summed E-state index contributed by atoms with van der Waals surface area (Å²) < 4.78 is 7.16. The summed E-state index contributed by atoms with van der Waals surface area (Å²) in [7, 11) is 0. The number of cyclic esters (lactones) is 1. The number of carbonyl (C=O) groups is 1. The van der Waals surface area contributed by atoms with Gasteiger partial charge in [0.2, 0.25) is 0 Å². The summed E-state index contributed by atoms with van der Waals surface area (Å²) in [5.74, 6) is -0.139. The lowest BCUT2D eigenvalue weighted by Crippen LogP contribution is -2.10. The summed E-state index contributed by atoms with van der Waals surface area (Å²) in [6.07, 6.45) is 4.40. The second-order valence-electron chi connectivity index (χ2n) is 4.51. The van der Waals surface area contributed by atoms with Gasteiger partial charge in [-0.3, -0.25) is 9.36 Å². The van der Waals surface area contributed by atoms with Crippen molar-refractivity contribution in [3.8, 4) is 5.69 Å². The zero-order valence-corrected chi connectivity index (χ0v) is 11.3. The van der Waals surface area contributed by atoms with Gasteiger partial charge in [0.05, 0.1) is 0 Å². The van der Waals surface area contributed by atoms with E-state index in [9.17, 15) is 4.79 Å². The van der Waals surface area contributed by atoms with E-state index in [4.69, 9.17) is 4.74 Å². The van der Waals surface area contributed by atoms with Gasteiger partial charge in [-0.1, -0.05) is 30.0 Å². The van der Waals surface area contributed by atoms with Gasteiger partial charge in [-0.25, -0.2) is 4.98 Å². The summed E-state index contributed by atoms with van der Waals surface area (Å²) in [5.41, 5.74) is 1.04. The molecule has 1 fully saturated rings. The number of thioether (sulfide) groups is 1. The van der Waals surface area contributed by atoms with Crippen LogP contribution in [0, 0.1) is 0 Å². The number of imidazole rings is 1. The van der Waals surface area contributed by atoms with Gasteiger partial charge in [-0.05, 0) is 19.1 Å². The fourth-order valence-corrected chi connectivity index (χ4v) is 3.28. The van der Waals surface area contributed by atoms with Gasteiger partial charge in [-0.2, -0.15) is 0 Å². The SMILES string of the molecule is C[C@H]1C[C@@H](Sc2nccn2-c2ccccc2)C(=O)O1. The van der Waals surface area contributed by atoms with E-state index in [0.717, 1.165) is 17.3 Å². The van der Waals surface area contributed by atoms with Crippen LogP contribution in [0.5, 0.6) is 0 Å². The highest BCUT2D eigenvalue weighted by molar-refractivity contribution is 8.00. The molecule has 0 unspecified atom stereocenters. The summed E-state index contributed by atoms with van der Waals surface area (Å²) in [5, 5.41) is 0.669. The van der Waals surface area contributed by atoms with Crippen LogP contribution in [0.2, 0.25) is 0 Å². The van der Waals surface area contributed by atoms with Crippen molar-refractivity contribution < 1.29 is 9.53 Å². The molecule has 0 spiro atoms. The monoisotopic (exact) mass is 274 g/mol. The number of esters is 1. The Morgan fingerprint density at radius 2 is 2.16 bits per heavy atom. The molecule has 0 saturated carbocycles. The molecule has 1 saturated heterocycles. The Morgan fingerprint density at radius 1 is 1.37 bits per heavy atom. The molecule has 1 aliphatic heterocycles. The van der Waals surface area contributed by atoms with Crippen molar-refractivity contribution in [1.29, 1.82) is 0 Å². The Hall–Kier alpha value is -1.75. The average molecular weight is 274 g/mol. The highest BCUT2D eigenvalue weighted by Gasteiger charge is 2.33. The maximum Gasteiger partial charge on any atom is 0.319 e. The quantitative estimate of drug-likeness (QED) is 0.807. The second kappa shape index (κ2) is 5.09. The summed E-state index contributed by atoms with van der Waals surface area (Å²) in [6, 6.07) is 9.97. The molecule has 0 radical (unpaired) electrons. The van der Waals surface area contributed by atoms with Crippen molar-refractivity contribution in [3.63, 3.8) is 0 Å². The fourth-order valence-electron chi connectivity index (χ4n) is 2.11. The molecule has 98 valence electrons. The molecule has 0 N–H and O–H groups in total. The van der Waals surface area contributed by atoms with Crippen molar-refractivity contribution >= 4 is 17.7 Å². The van der Waals surface area contributed by atoms with Crippen molar-refractivity contribution in [2.45, 2.75) is 29.9 Å². The maximum atomic E-state index is 11.7. The number of para-hydroxylation sites is 1. The van der Waals surface area contributed by atoms with E-state index in [1.54, 1.807) is 6.20 Å². The molecule has 19 heavy (non-hydrogen) atoms. The van der Waals surface area contributed by atoms with Crippen LogP contribution >= 0.6 is 11.8 Å². The van der Waals surface area contributed by atoms with E-state index >= 15 is 0 Å². The number of nitrogens with zero attached hydrogens (tertiary/aromatic N) is 2. The normalized spacial score (nSPS) is 22.5. The first-order valence-corrected chi connectivity index (χ1v) is 7.08. The summed E-state index contributed by atoms with van der Waals surface area (Å²) >= 11 is 1.47. The third-order valence-corrected chi connectivity index (χ3v) is 4.20. The molecule has 0 bridgehead atoms. The molecule has 1 aromatic carbocycles. The first-order valence-electron chi connectivity index (χ1n) is 6.20. The molecule has 1 aromatic heterocycles. The molecular formula is C14H14N2O2S. The van der Waals surface area contributed by atoms with Crippen LogP contribution in [0.15, 0.2) is 47.9 Å². The van der Waals surface area contributed by atoms with Crippen molar-refractivity contribution in [2.24, 2.45) is 0 Å². The predicted octanol–water partition coefficient (Wildman–Crippen LogP) is 2.67. The molecule has 4 nitrogen and oxygen atoms in total. The van der Waals surface area contributed by atoms with Crippen molar-refractivity contribution in [3.05, 3.63) is 42.7 Å². The number of hydrogen-bond acceptors (Lipinski definition) is 4. The molecule has 2 atom stereocenters. The first kappa shape index (κ1) is 12.3. The first-order chi connectivity index (χ1) is 9.24. The minimum Gasteiger partial charge on any atom is -0.462 e. The van der Waals surface area contributed by atoms with E-state index in [0.29, 0.717) is 0 Å². The van der Waals surface area contributed by atoms with E-state index < -0.39 is 0 Å². The molecule has 2 heterocycles. The van der Waals surface area contributed by atoms with Gasteiger partial charge in [0.1, 0.15) is 11.4 Å². The molecule has 3 rings (SSSR count). The lowest BCUT2D eigenvalue weighted by atomic mass is 10.3. The molecular weight excluding hydrogens is 260 g/mol. The Bertz CT molecular complexity index is 582. The topological polar surface area (TPSA) is 44.1 Å². The maximum absolute atomic E-state index is 11.7. The molecule has 0 amide bonds. The number of hydrogen-bond donors (Lipinski definition) is 0. The number of rotatable bonds is 3. The van der Waals surface area contributed by atoms with Gasteiger partial charge in [0, 0.05) is 24.5 Å². The predicted molar refractivity (Wildman–Crippen MR) is 73.4 cm³/mol. The van der Waals surface area contributed by atoms with Crippen LogP contribution in [0.3, 0.4) is 0 Å². The van der Waals surface area contributed by atoms with Gasteiger partial charge in [0.15, 0.2) is 5.16 Å². The zero-order chi connectivity index (χ0) is 13.2. The van der Waals surface area contributed by atoms with Crippen LogP contribution in [0.1, 0.15) is 13.3 Å². The van der Waals surface area contributed by atoms with Gasteiger partial charge in [-0.15, -0.1) is 0 Å². The minimum absolute atomic E-state index is 0.00476. The molecule has 2 aromatic rings. The Labute approximate surface area is 115 Å². The minimum atomic E-state index is -0.153. The number of ether oxygens (including phenoxy) is 1. The Balaban J connectivity index is 1.83. The van der Waals surface area contributed by atoms with Crippen LogP contribution < -0.4 is 0 Å². The molecule has 0 aliphatic carbocycles. The van der Waals surface area contributed by atoms with Crippen LogP contribution in [0.25, 0.3) is 5.69 Å².